The number of benzene rings is 2. The molecule has 0 saturated heterocycles. The number of aryl methyl sites for hydroxylation is 1. The summed E-state index contributed by atoms with van der Waals surface area (Å²) in [4.78, 5) is 12.2. The lowest BCUT2D eigenvalue weighted by molar-refractivity contribution is 0.0471. The fourth-order valence-corrected chi connectivity index (χ4v) is 2.78. The van der Waals surface area contributed by atoms with Crippen molar-refractivity contribution in [2.45, 2.75) is 18.4 Å². The Kier molecular flexibility index (Phi) is 5.06. The number of esters is 1. The van der Waals surface area contributed by atoms with Crippen LogP contribution in [0.15, 0.2) is 41.3 Å². The summed E-state index contributed by atoms with van der Waals surface area (Å²) in [5, 5.41) is 0.152. The van der Waals surface area contributed by atoms with E-state index in [0.29, 0.717) is 11.1 Å². The Bertz CT molecular complexity index is 862. The molecule has 0 saturated carbocycles. The van der Waals surface area contributed by atoms with Crippen LogP contribution >= 0.6 is 11.6 Å². The van der Waals surface area contributed by atoms with Crippen LogP contribution in [0.2, 0.25) is 5.02 Å². The Hall–Kier alpha value is -1.92. The molecule has 0 bridgehead atoms. The van der Waals surface area contributed by atoms with Gasteiger partial charge in [0, 0.05) is 11.8 Å². The second kappa shape index (κ2) is 6.68. The van der Waals surface area contributed by atoms with Crippen LogP contribution in [0.1, 0.15) is 21.5 Å². The third-order valence-corrected chi connectivity index (χ3v) is 4.69. The Balaban J connectivity index is 2.21. The van der Waals surface area contributed by atoms with E-state index < -0.39 is 21.6 Å². The first-order chi connectivity index (χ1) is 10.7. The first kappa shape index (κ1) is 17.4. The molecule has 0 atom stereocenters. The van der Waals surface area contributed by atoms with Crippen LogP contribution in [0.3, 0.4) is 0 Å². The molecule has 0 aromatic heterocycles. The maximum Gasteiger partial charge on any atom is 0.338 e. The van der Waals surface area contributed by atoms with E-state index in [2.05, 4.69) is 0 Å². The van der Waals surface area contributed by atoms with E-state index in [-0.39, 0.29) is 22.1 Å². The summed E-state index contributed by atoms with van der Waals surface area (Å²) in [5.41, 5.74) is 1.21. The third-order valence-electron chi connectivity index (χ3n) is 3.23. The van der Waals surface area contributed by atoms with Gasteiger partial charge in [0.25, 0.3) is 0 Å². The molecule has 0 N–H and O–H groups in total. The molecule has 0 aliphatic carbocycles. The van der Waals surface area contributed by atoms with Gasteiger partial charge in [-0.15, -0.1) is 0 Å². The summed E-state index contributed by atoms with van der Waals surface area (Å²) in [6, 6.07) is 8.00. The number of halogens is 2. The van der Waals surface area contributed by atoms with Gasteiger partial charge in [-0.05, 0) is 36.8 Å². The smallest absolute Gasteiger partial charge is 0.338 e. The monoisotopic (exact) mass is 356 g/mol. The van der Waals surface area contributed by atoms with Gasteiger partial charge in [-0.3, -0.25) is 0 Å². The first-order valence-corrected chi connectivity index (χ1v) is 8.87. The molecule has 0 radical (unpaired) electrons. The van der Waals surface area contributed by atoms with Crippen molar-refractivity contribution in [1.29, 1.82) is 0 Å². The summed E-state index contributed by atoms with van der Waals surface area (Å²) in [7, 11) is -3.42. The van der Waals surface area contributed by atoms with Crippen molar-refractivity contribution in [3.05, 3.63) is 63.9 Å². The SMILES string of the molecule is Cc1ccc(S(C)(=O)=O)cc1C(=O)OCc1ccc(F)cc1Cl. The summed E-state index contributed by atoms with van der Waals surface area (Å²) in [6.45, 7) is 1.54. The number of rotatable bonds is 4. The van der Waals surface area contributed by atoms with Crippen molar-refractivity contribution in [2.24, 2.45) is 0 Å². The van der Waals surface area contributed by atoms with Crippen LogP contribution in [0.4, 0.5) is 4.39 Å². The number of carbonyl (C=O) groups excluding carboxylic acids is 1. The van der Waals surface area contributed by atoms with Crippen molar-refractivity contribution in [3.63, 3.8) is 0 Å². The second-order valence-electron chi connectivity index (χ2n) is 5.06. The summed E-state index contributed by atoms with van der Waals surface area (Å²) in [6.07, 6.45) is 1.06. The number of hydrogen-bond donors (Lipinski definition) is 0. The molecule has 7 heteroatoms. The van der Waals surface area contributed by atoms with E-state index in [4.69, 9.17) is 16.3 Å². The molecule has 0 fully saturated rings. The molecule has 0 heterocycles. The topological polar surface area (TPSA) is 60.4 Å². The minimum absolute atomic E-state index is 0.0369. The molecule has 122 valence electrons. The number of carbonyl (C=O) groups is 1. The van der Waals surface area contributed by atoms with Crippen molar-refractivity contribution >= 4 is 27.4 Å². The molecule has 4 nitrogen and oxygen atoms in total. The Morgan fingerprint density at radius 2 is 1.91 bits per heavy atom. The van der Waals surface area contributed by atoms with Crippen LogP contribution in [-0.4, -0.2) is 20.6 Å². The highest BCUT2D eigenvalue weighted by Crippen LogP contribution is 2.20. The number of ether oxygens (including phenoxy) is 1. The van der Waals surface area contributed by atoms with E-state index >= 15 is 0 Å². The minimum atomic E-state index is -3.42. The third kappa shape index (κ3) is 4.30. The quantitative estimate of drug-likeness (QED) is 0.786. The lowest BCUT2D eigenvalue weighted by Gasteiger charge is -2.10. The zero-order chi connectivity index (χ0) is 17.2. The van der Waals surface area contributed by atoms with Crippen molar-refractivity contribution in [3.8, 4) is 0 Å². The molecule has 0 aliphatic rings. The zero-order valence-electron chi connectivity index (χ0n) is 12.5. The van der Waals surface area contributed by atoms with Crippen LogP contribution in [-0.2, 0) is 21.2 Å². The summed E-state index contributed by atoms with van der Waals surface area (Å²) in [5.74, 6) is -1.16. The van der Waals surface area contributed by atoms with Gasteiger partial charge in [0.15, 0.2) is 9.84 Å². The first-order valence-electron chi connectivity index (χ1n) is 6.60. The fourth-order valence-electron chi connectivity index (χ4n) is 1.91. The molecular formula is C16H14ClFO4S. The van der Waals surface area contributed by atoms with Gasteiger partial charge in [0.05, 0.1) is 15.5 Å². The lowest BCUT2D eigenvalue weighted by Crippen LogP contribution is -2.09. The molecular weight excluding hydrogens is 343 g/mol. The minimum Gasteiger partial charge on any atom is -0.457 e. The van der Waals surface area contributed by atoms with E-state index in [1.807, 2.05) is 0 Å². The molecule has 0 unspecified atom stereocenters. The summed E-state index contributed by atoms with van der Waals surface area (Å²) < 4.78 is 41.3. The second-order valence-corrected chi connectivity index (χ2v) is 7.48. The number of sulfone groups is 1. The molecule has 0 amide bonds. The lowest BCUT2D eigenvalue weighted by atomic mass is 10.1. The summed E-state index contributed by atoms with van der Waals surface area (Å²) >= 11 is 5.86. The van der Waals surface area contributed by atoms with Gasteiger partial charge in [-0.1, -0.05) is 23.7 Å². The molecule has 2 aromatic rings. The van der Waals surface area contributed by atoms with Crippen LogP contribution in [0, 0.1) is 12.7 Å². The fraction of sp³-hybridized carbons (Fsp3) is 0.188. The molecule has 23 heavy (non-hydrogen) atoms. The molecule has 0 aliphatic heterocycles. The number of hydrogen-bond acceptors (Lipinski definition) is 4. The van der Waals surface area contributed by atoms with E-state index in [0.717, 1.165) is 12.3 Å². The average Bonchev–Trinajstić information content (AvgIpc) is 2.45. The molecule has 0 spiro atoms. The Morgan fingerprint density at radius 1 is 1.22 bits per heavy atom. The van der Waals surface area contributed by atoms with E-state index in [9.17, 15) is 17.6 Å². The van der Waals surface area contributed by atoms with Crippen LogP contribution < -0.4 is 0 Å². The van der Waals surface area contributed by atoms with Gasteiger partial charge in [-0.2, -0.15) is 0 Å². The highest BCUT2D eigenvalue weighted by Gasteiger charge is 2.16. The van der Waals surface area contributed by atoms with E-state index in [1.165, 1.54) is 30.3 Å². The van der Waals surface area contributed by atoms with Gasteiger partial charge < -0.3 is 4.74 Å². The van der Waals surface area contributed by atoms with Crippen molar-refractivity contribution < 1.29 is 22.3 Å². The van der Waals surface area contributed by atoms with Crippen LogP contribution in [0.25, 0.3) is 0 Å². The van der Waals surface area contributed by atoms with Gasteiger partial charge in [-0.25, -0.2) is 17.6 Å². The molecule has 2 rings (SSSR count). The van der Waals surface area contributed by atoms with Crippen molar-refractivity contribution in [2.75, 3.05) is 6.26 Å². The predicted molar refractivity (Wildman–Crippen MR) is 84.8 cm³/mol. The average molecular weight is 357 g/mol. The maximum atomic E-state index is 13.0. The van der Waals surface area contributed by atoms with Gasteiger partial charge in [0.2, 0.25) is 0 Å². The Morgan fingerprint density at radius 3 is 2.52 bits per heavy atom. The molecule has 2 aromatic carbocycles. The van der Waals surface area contributed by atoms with Crippen LogP contribution in [0.5, 0.6) is 0 Å². The van der Waals surface area contributed by atoms with E-state index in [1.54, 1.807) is 6.92 Å². The Labute approximate surface area is 138 Å². The van der Waals surface area contributed by atoms with Gasteiger partial charge in [0.1, 0.15) is 12.4 Å². The largest absolute Gasteiger partial charge is 0.457 e. The highest BCUT2D eigenvalue weighted by atomic mass is 35.5. The normalized spacial score (nSPS) is 11.3. The van der Waals surface area contributed by atoms with Crippen molar-refractivity contribution in [1.82, 2.24) is 0 Å². The maximum absolute atomic E-state index is 13.0. The predicted octanol–water partition coefficient (Wildman–Crippen LogP) is 3.55. The van der Waals surface area contributed by atoms with Gasteiger partial charge >= 0.3 is 5.97 Å². The zero-order valence-corrected chi connectivity index (χ0v) is 14.0. The standard InChI is InChI=1S/C16H14ClFO4S/c1-10-3-6-13(23(2,20)21)8-14(10)16(19)22-9-11-4-5-12(18)7-15(11)17/h3-8H,9H2,1-2H3. The highest BCUT2D eigenvalue weighted by molar-refractivity contribution is 7.90.